The van der Waals surface area contributed by atoms with Crippen molar-refractivity contribution in [2.24, 2.45) is 0 Å². The van der Waals surface area contributed by atoms with E-state index >= 15 is 0 Å². The average molecular weight is 310 g/mol. The van der Waals surface area contributed by atoms with Crippen molar-refractivity contribution in [3.8, 4) is 11.3 Å². The first-order chi connectivity index (χ1) is 8.72. The summed E-state index contributed by atoms with van der Waals surface area (Å²) < 4.78 is 14.7. The number of nitrogens with zero attached hydrogens (tertiary/aromatic N) is 2. The van der Waals surface area contributed by atoms with Crippen molar-refractivity contribution in [3.05, 3.63) is 40.9 Å². The van der Waals surface area contributed by atoms with E-state index in [-0.39, 0.29) is 5.82 Å². The SMILES string of the molecule is CCCNc1nccnc1-c1cc(Br)ccc1F. The van der Waals surface area contributed by atoms with Gasteiger partial charge in [-0.2, -0.15) is 0 Å². The predicted molar refractivity (Wildman–Crippen MR) is 73.9 cm³/mol. The molecular weight excluding hydrogens is 297 g/mol. The van der Waals surface area contributed by atoms with Gasteiger partial charge in [0.05, 0.1) is 0 Å². The lowest BCUT2D eigenvalue weighted by atomic mass is 10.1. The highest BCUT2D eigenvalue weighted by Crippen LogP contribution is 2.28. The van der Waals surface area contributed by atoms with Crippen molar-refractivity contribution in [1.29, 1.82) is 0 Å². The van der Waals surface area contributed by atoms with Crippen LogP contribution in [0.15, 0.2) is 35.1 Å². The van der Waals surface area contributed by atoms with Gasteiger partial charge in [0.15, 0.2) is 5.82 Å². The third-order valence-electron chi connectivity index (χ3n) is 2.42. The normalized spacial score (nSPS) is 10.4. The van der Waals surface area contributed by atoms with E-state index in [9.17, 15) is 4.39 Å². The molecule has 0 spiro atoms. The molecule has 94 valence electrons. The molecule has 0 aliphatic rings. The third kappa shape index (κ3) is 2.85. The van der Waals surface area contributed by atoms with Crippen LogP contribution in [0.4, 0.5) is 10.2 Å². The van der Waals surface area contributed by atoms with Gasteiger partial charge in [0, 0.05) is 29.0 Å². The number of hydrogen-bond donors (Lipinski definition) is 1. The Bertz CT molecular complexity index is 546. The fourth-order valence-electron chi connectivity index (χ4n) is 1.59. The Hall–Kier alpha value is -1.49. The Balaban J connectivity index is 2.46. The Morgan fingerprint density at radius 3 is 2.83 bits per heavy atom. The van der Waals surface area contributed by atoms with Gasteiger partial charge in [0.2, 0.25) is 0 Å². The second kappa shape index (κ2) is 5.91. The summed E-state index contributed by atoms with van der Waals surface area (Å²) in [5, 5.41) is 3.15. The number of rotatable bonds is 4. The lowest BCUT2D eigenvalue weighted by Crippen LogP contribution is -2.05. The van der Waals surface area contributed by atoms with Gasteiger partial charge in [-0.15, -0.1) is 0 Å². The zero-order valence-electron chi connectivity index (χ0n) is 9.95. The van der Waals surface area contributed by atoms with Crippen LogP contribution in [0.25, 0.3) is 11.3 Å². The summed E-state index contributed by atoms with van der Waals surface area (Å²) in [5.74, 6) is 0.301. The molecular formula is C13H13BrFN3. The number of hydrogen-bond acceptors (Lipinski definition) is 3. The van der Waals surface area contributed by atoms with E-state index in [0.717, 1.165) is 17.4 Å². The quantitative estimate of drug-likeness (QED) is 0.931. The molecule has 18 heavy (non-hydrogen) atoms. The zero-order valence-corrected chi connectivity index (χ0v) is 11.5. The van der Waals surface area contributed by atoms with Crippen LogP contribution >= 0.6 is 15.9 Å². The highest BCUT2D eigenvalue weighted by atomic mass is 79.9. The van der Waals surface area contributed by atoms with Gasteiger partial charge in [-0.1, -0.05) is 22.9 Å². The van der Waals surface area contributed by atoms with Crippen molar-refractivity contribution in [1.82, 2.24) is 9.97 Å². The van der Waals surface area contributed by atoms with Crippen LogP contribution < -0.4 is 5.32 Å². The van der Waals surface area contributed by atoms with Gasteiger partial charge in [0.25, 0.3) is 0 Å². The standard InChI is InChI=1S/C13H13BrFN3/c1-2-5-17-13-12(16-6-7-18-13)10-8-9(14)3-4-11(10)15/h3-4,6-8H,2,5H2,1H3,(H,17,18). The minimum atomic E-state index is -0.307. The number of nitrogens with one attached hydrogen (secondary N) is 1. The molecule has 1 N–H and O–H groups in total. The molecule has 5 heteroatoms. The largest absolute Gasteiger partial charge is 0.368 e. The molecule has 0 unspecified atom stereocenters. The topological polar surface area (TPSA) is 37.8 Å². The summed E-state index contributed by atoms with van der Waals surface area (Å²) >= 11 is 3.34. The average Bonchev–Trinajstić information content (AvgIpc) is 2.39. The van der Waals surface area contributed by atoms with Crippen molar-refractivity contribution in [3.63, 3.8) is 0 Å². The van der Waals surface area contributed by atoms with Gasteiger partial charge in [-0.25, -0.2) is 9.37 Å². The van der Waals surface area contributed by atoms with Gasteiger partial charge >= 0.3 is 0 Å². The maximum Gasteiger partial charge on any atom is 0.152 e. The number of anilines is 1. The number of halogens is 2. The molecule has 0 bridgehead atoms. The molecule has 1 aromatic carbocycles. The minimum absolute atomic E-state index is 0.307. The van der Waals surface area contributed by atoms with E-state index in [4.69, 9.17) is 0 Å². The van der Waals surface area contributed by atoms with Crippen LogP contribution in [-0.4, -0.2) is 16.5 Å². The van der Waals surface area contributed by atoms with Crippen LogP contribution in [0, 0.1) is 5.82 Å². The van der Waals surface area contributed by atoms with Crippen LogP contribution in [0.2, 0.25) is 0 Å². The molecule has 0 atom stereocenters. The van der Waals surface area contributed by atoms with Gasteiger partial charge in [-0.3, -0.25) is 4.98 Å². The summed E-state index contributed by atoms with van der Waals surface area (Å²) in [6.45, 7) is 2.84. The maximum atomic E-state index is 13.8. The molecule has 0 amide bonds. The zero-order chi connectivity index (χ0) is 13.0. The molecule has 1 aromatic heterocycles. The molecule has 2 aromatic rings. The summed E-state index contributed by atoms with van der Waals surface area (Å²) in [4.78, 5) is 8.43. The van der Waals surface area contributed by atoms with E-state index in [1.807, 2.05) is 0 Å². The Morgan fingerprint density at radius 1 is 1.28 bits per heavy atom. The molecule has 0 saturated carbocycles. The summed E-state index contributed by atoms with van der Waals surface area (Å²) in [5.41, 5.74) is 0.973. The fraction of sp³-hybridized carbons (Fsp3) is 0.231. The molecule has 0 aliphatic carbocycles. The summed E-state index contributed by atoms with van der Waals surface area (Å²) in [7, 11) is 0. The summed E-state index contributed by atoms with van der Waals surface area (Å²) in [6.07, 6.45) is 4.13. The molecule has 3 nitrogen and oxygen atoms in total. The molecule has 2 rings (SSSR count). The first-order valence-corrected chi connectivity index (χ1v) is 6.52. The Morgan fingerprint density at radius 2 is 2.06 bits per heavy atom. The number of aromatic nitrogens is 2. The van der Waals surface area contributed by atoms with Crippen molar-refractivity contribution in [2.75, 3.05) is 11.9 Å². The van der Waals surface area contributed by atoms with E-state index in [2.05, 4.69) is 38.1 Å². The van der Waals surface area contributed by atoms with Crippen molar-refractivity contribution < 1.29 is 4.39 Å². The first kappa shape index (κ1) is 13.0. The second-order valence-electron chi connectivity index (χ2n) is 3.80. The van der Waals surface area contributed by atoms with Crippen LogP contribution in [0.5, 0.6) is 0 Å². The molecule has 0 saturated heterocycles. The van der Waals surface area contributed by atoms with E-state index < -0.39 is 0 Å². The second-order valence-corrected chi connectivity index (χ2v) is 4.72. The Labute approximate surface area is 114 Å². The first-order valence-electron chi connectivity index (χ1n) is 5.72. The van der Waals surface area contributed by atoms with E-state index in [1.165, 1.54) is 6.07 Å². The third-order valence-corrected chi connectivity index (χ3v) is 2.92. The predicted octanol–water partition coefficient (Wildman–Crippen LogP) is 3.87. The fourth-order valence-corrected chi connectivity index (χ4v) is 1.95. The lowest BCUT2D eigenvalue weighted by molar-refractivity contribution is 0.630. The maximum absolute atomic E-state index is 13.8. The van der Waals surface area contributed by atoms with Crippen LogP contribution in [-0.2, 0) is 0 Å². The van der Waals surface area contributed by atoms with E-state index in [1.54, 1.807) is 24.5 Å². The molecule has 0 radical (unpaired) electrons. The molecule has 1 heterocycles. The smallest absolute Gasteiger partial charge is 0.152 e. The monoisotopic (exact) mass is 309 g/mol. The molecule has 0 fully saturated rings. The number of benzene rings is 1. The van der Waals surface area contributed by atoms with Gasteiger partial charge < -0.3 is 5.32 Å². The van der Waals surface area contributed by atoms with Crippen LogP contribution in [0.1, 0.15) is 13.3 Å². The highest BCUT2D eigenvalue weighted by Gasteiger charge is 2.12. The lowest BCUT2D eigenvalue weighted by Gasteiger charge is -2.10. The van der Waals surface area contributed by atoms with Gasteiger partial charge in [0.1, 0.15) is 11.5 Å². The van der Waals surface area contributed by atoms with Gasteiger partial charge in [-0.05, 0) is 24.6 Å². The van der Waals surface area contributed by atoms with Crippen molar-refractivity contribution in [2.45, 2.75) is 13.3 Å². The van der Waals surface area contributed by atoms with Crippen molar-refractivity contribution >= 4 is 21.7 Å². The van der Waals surface area contributed by atoms with E-state index in [0.29, 0.717) is 17.1 Å². The minimum Gasteiger partial charge on any atom is -0.368 e. The molecule has 0 aliphatic heterocycles. The summed E-state index contributed by atoms with van der Waals surface area (Å²) in [6, 6.07) is 4.78. The van der Waals surface area contributed by atoms with Crippen LogP contribution in [0.3, 0.4) is 0 Å². The Kier molecular flexibility index (Phi) is 4.25. The highest BCUT2D eigenvalue weighted by molar-refractivity contribution is 9.10.